The van der Waals surface area contributed by atoms with Crippen LogP contribution in [0.25, 0.3) is 20.7 Å². The average molecular weight is 400 g/mol. The lowest BCUT2D eigenvalue weighted by molar-refractivity contribution is 0.0591. The molecule has 4 nitrogen and oxygen atoms in total. The minimum absolute atomic E-state index is 0.000877. The van der Waals surface area contributed by atoms with Crippen molar-refractivity contribution in [1.29, 1.82) is 0 Å². The SMILES string of the molecule is C[C@@H](c1nc2scc(-c3cccs3)c2c(=O)[nH]1)N1CC[C@@H]2CCCC[C@@H]2C1. The number of piperidine rings is 1. The normalized spacial score (nSPS) is 24.8. The van der Waals surface area contributed by atoms with E-state index in [0.717, 1.165) is 51.4 Å². The standard InChI is InChI=1S/C21H25N3OS2/c1-13(24-9-8-14-5-2-3-6-15(14)11-24)19-22-20(25)18-16(12-27-21(18)23-19)17-7-4-10-26-17/h4,7,10,12-15H,2-3,5-6,8-9,11H2,1H3,(H,22,23,25)/t13-,14-,15+/m0/s1. The number of H-pyrrole nitrogens is 1. The lowest BCUT2D eigenvalue weighted by atomic mass is 9.75. The van der Waals surface area contributed by atoms with Crippen LogP contribution in [0.5, 0.6) is 0 Å². The van der Waals surface area contributed by atoms with Gasteiger partial charge in [-0.3, -0.25) is 9.69 Å². The summed E-state index contributed by atoms with van der Waals surface area (Å²) in [6.45, 7) is 4.47. The van der Waals surface area contributed by atoms with Gasteiger partial charge in [0.2, 0.25) is 0 Å². The minimum Gasteiger partial charge on any atom is -0.309 e. The molecule has 142 valence electrons. The first kappa shape index (κ1) is 17.6. The highest BCUT2D eigenvalue weighted by Gasteiger charge is 2.33. The molecule has 5 rings (SSSR count). The van der Waals surface area contributed by atoms with E-state index in [1.165, 1.54) is 32.1 Å². The van der Waals surface area contributed by atoms with Gasteiger partial charge in [0.05, 0.1) is 11.4 Å². The summed E-state index contributed by atoms with van der Waals surface area (Å²) in [5.41, 5.74) is 1.01. The molecule has 0 amide bonds. The minimum atomic E-state index is -0.000877. The molecular formula is C21H25N3OS2. The lowest BCUT2D eigenvalue weighted by Gasteiger charge is -2.43. The molecule has 0 unspecified atom stereocenters. The number of aromatic nitrogens is 2. The Bertz CT molecular complexity index is 991. The van der Waals surface area contributed by atoms with Crippen molar-refractivity contribution in [3.8, 4) is 10.4 Å². The number of hydrogen-bond acceptors (Lipinski definition) is 5. The summed E-state index contributed by atoms with van der Waals surface area (Å²) in [5.74, 6) is 2.57. The van der Waals surface area contributed by atoms with Gasteiger partial charge in [0.25, 0.3) is 5.56 Å². The number of nitrogens with zero attached hydrogens (tertiary/aromatic N) is 2. The van der Waals surface area contributed by atoms with Gasteiger partial charge in [-0.1, -0.05) is 25.3 Å². The molecule has 6 heteroatoms. The molecule has 0 radical (unpaired) electrons. The van der Waals surface area contributed by atoms with Crippen molar-refractivity contribution in [2.75, 3.05) is 13.1 Å². The van der Waals surface area contributed by atoms with E-state index in [0.29, 0.717) is 0 Å². The van der Waals surface area contributed by atoms with Gasteiger partial charge in [-0.15, -0.1) is 22.7 Å². The van der Waals surface area contributed by atoms with Crippen molar-refractivity contribution in [2.24, 2.45) is 11.8 Å². The van der Waals surface area contributed by atoms with Gasteiger partial charge < -0.3 is 4.98 Å². The van der Waals surface area contributed by atoms with E-state index < -0.39 is 0 Å². The Morgan fingerprint density at radius 2 is 2.07 bits per heavy atom. The Morgan fingerprint density at radius 3 is 2.89 bits per heavy atom. The van der Waals surface area contributed by atoms with Gasteiger partial charge in [-0.2, -0.15) is 0 Å². The Morgan fingerprint density at radius 1 is 1.22 bits per heavy atom. The second-order valence-electron chi connectivity index (χ2n) is 8.02. The fraction of sp³-hybridized carbons (Fsp3) is 0.524. The van der Waals surface area contributed by atoms with Crippen molar-refractivity contribution in [1.82, 2.24) is 14.9 Å². The highest BCUT2D eigenvalue weighted by molar-refractivity contribution is 7.18. The molecule has 0 aromatic carbocycles. The van der Waals surface area contributed by atoms with Crippen LogP contribution >= 0.6 is 22.7 Å². The summed E-state index contributed by atoms with van der Waals surface area (Å²) in [6, 6.07) is 4.25. The molecule has 3 aromatic rings. The van der Waals surface area contributed by atoms with Crippen molar-refractivity contribution < 1.29 is 0 Å². The number of thiophene rings is 2. The number of hydrogen-bond donors (Lipinski definition) is 1. The first-order chi connectivity index (χ1) is 13.2. The van der Waals surface area contributed by atoms with Gasteiger partial charge >= 0.3 is 0 Å². The second-order valence-corrected chi connectivity index (χ2v) is 9.83. The maximum absolute atomic E-state index is 12.9. The molecule has 1 aliphatic carbocycles. The summed E-state index contributed by atoms with van der Waals surface area (Å²) in [5, 5.41) is 4.86. The van der Waals surface area contributed by atoms with Crippen molar-refractivity contribution in [3.05, 3.63) is 39.1 Å². The molecule has 27 heavy (non-hydrogen) atoms. The highest BCUT2D eigenvalue weighted by Crippen LogP contribution is 2.38. The topological polar surface area (TPSA) is 49.0 Å². The second kappa shape index (κ2) is 7.15. The van der Waals surface area contributed by atoms with E-state index in [1.54, 1.807) is 22.7 Å². The lowest BCUT2D eigenvalue weighted by Crippen LogP contribution is -2.43. The van der Waals surface area contributed by atoms with Crippen molar-refractivity contribution in [3.63, 3.8) is 0 Å². The van der Waals surface area contributed by atoms with Crippen LogP contribution in [0.4, 0.5) is 0 Å². The largest absolute Gasteiger partial charge is 0.309 e. The third-order valence-electron chi connectivity index (χ3n) is 6.51. The molecule has 1 aliphatic heterocycles. The first-order valence-electron chi connectivity index (χ1n) is 10.00. The Hall–Kier alpha value is -1.50. The molecule has 1 N–H and O–H groups in total. The number of likely N-dealkylation sites (tertiary alicyclic amines) is 1. The molecule has 1 saturated heterocycles. The van der Waals surface area contributed by atoms with E-state index in [9.17, 15) is 4.79 Å². The Labute approximate surface area is 167 Å². The van der Waals surface area contributed by atoms with E-state index in [1.807, 2.05) is 11.4 Å². The van der Waals surface area contributed by atoms with Crippen LogP contribution in [-0.4, -0.2) is 28.0 Å². The van der Waals surface area contributed by atoms with Gasteiger partial charge in [0, 0.05) is 22.4 Å². The predicted molar refractivity (Wildman–Crippen MR) is 114 cm³/mol. The van der Waals surface area contributed by atoms with Crippen LogP contribution in [0.15, 0.2) is 27.7 Å². The van der Waals surface area contributed by atoms with Crippen LogP contribution in [0.2, 0.25) is 0 Å². The third-order valence-corrected chi connectivity index (χ3v) is 8.29. The Balaban J connectivity index is 1.44. The average Bonchev–Trinajstić information content (AvgIpc) is 3.36. The number of nitrogens with one attached hydrogen (secondary N) is 1. The van der Waals surface area contributed by atoms with E-state index in [2.05, 4.69) is 28.3 Å². The van der Waals surface area contributed by atoms with Gasteiger partial charge in [-0.05, 0) is 49.6 Å². The number of rotatable bonds is 3. The zero-order valence-corrected chi connectivity index (χ0v) is 17.2. The van der Waals surface area contributed by atoms with Crippen molar-refractivity contribution in [2.45, 2.75) is 45.1 Å². The van der Waals surface area contributed by atoms with Crippen LogP contribution < -0.4 is 5.56 Å². The van der Waals surface area contributed by atoms with Gasteiger partial charge in [-0.25, -0.2) is 4.98 Å². The van der Waals surface area contributed by atoms with Crippen LogP contribution in [0.1, 0.15) is 50.9 Å². The summed E-state index contributed by atoms with van der Waals surface area (Å²) in [7, 11) is 0. The molecular weight excluding hydrogens is 374 g/mol. The zero-order valence-electron chi connectivity index (χ0n) is 15.6. The summed E-state index contributed by atoms with van der Waals surface area (Å²) in [4.78, 5) is 25.4. The highest BCUT2D eigenvalue weighted by atomic mass is 32.1. The quantitative estimate of drug-likeness (QED) is 0.651. The summed E-state index contributed by atoms with van der Waals surface area (Å²) >= 11 is 3.25. The van der Waals surface area contributed by atoms with Crippen molar-refractivity contribution >= 4 is 32.9 Å². The zero-order chi connectivity index (χ0) is 18.4. The van der Waals surface area contributed by atoms with Gasteiger partial charge in [0.15, 0.2) is 0 Å². The van der Waals surface area contributed by atoms with Crippen LogP contribution in [0.3, 0.4) is 0 Å². The van der Waals surface area contributed by atoms with E-state index in [4.69, 9.17) is 4.98 Å². The first-order valence-corrected chi connectivity index (χ1v) is 11.8. The van der Waals surface area contributed by atoms with Gasteiger partial charge in [0.1, 0.15) is 10.7 Å². The third kappa shape index (κ3) is 3.18. The van der Waals surface area contributed by atoms with Crippen LogP contribution in [0, 0.1) is 11.8 Å². The molecule has 2 aliphatic rings. The fourth-order valence-corrected chi connectivity index (χ4v) is 6.70. The maximum atomic E-state index is 12.9. The monoisotopic (exact) mass is 399 g/mol. The fourth-order valence-electron chi connectivity index (χ4n) is 4.93. The molecule has 0 bridgehead atoms. The molecule has 3 aromatic heterocycles. The predicted octanol–water partition coefficient (Wildman–Crippen LogP) is 5.29. The molecule has 4 heterocycles. The molecule has 0 spiro atoms. The maximum Gasteiger partial charge on any atom is 0.260 e. The summed E-state index contributed by atoms with van der Waals surface area (Å²) < 4.78 is 0. The number of aromatic amines is 1. The molecule has 1 saturated carbocycles. The molecule has 2 fully saturated rings. The Kier molecular flexibility index (Phi) is 4.66. The van der Waals surface area contributed by atoms with Crippen LogP contribution in [-0.2, 0) is 0 Å². The summed E-state index contributed by atoms with van der Waals surface area (Å²) in [6.07, 6.45) is 6.86. The number of fused-ring (bicyclic) bond motifs is 2. The smallest absolute Gasteiger partial charge is 0.260 e. The molecule has 3 atom stereocenters. The van der Waals surface area contributed by atoms with E-state index in [-0.39, 0.29) is 11.6 Å². The van der Waals surface area contributed by atoms with E-state index >= 15 is 0 Å².